The highest BCUT2D eigenvalue weighted by Gasteiger charge is 2.17. The Bertz CT molecular complexity index is 254. The van der Waals surface area contributed by atoms with E-state index in [1.54, 1.807) is 0 Å². The number of hydrogen-bond acceptors (Lipinski definition) is 3. The number of hydrogen-bond donors (Lipinski definition) is 1. The largest absolute Gasteiger partial charge is 0.377 e. The van der Waals surface area contributed by atoms with Gasteiger partial charge in [-0.25, -0.2) is 4.98 Å². The first-order valence-electron chi connectivity index (χ1n) is 4.11. The Morgan fingerprint density at radius 1 is 1.50 bits per heavy atom. The molecule has 3 nitrogen and oxygen atoms in total. The second kappa shape index (κ2) is 3.11. The quantitative estimate of drug-likeness (QED) is 0.713. The van der Waals surface area contributed by atoms with Crippen molar-refractivity contribution < 1.29 is 4.74 Å². The van der Waals surface area contributed by atoms with Crippen molar-refractivity contribution in [2.24, 2.45) is 0 Å². The fraction of sp³-hybridized carbons (Fsp3) is 0.444. The van der Waals surface area contributed by atoms with Gasteiger partial charge in [0.1, 0.15) is 5.82 Å². The molecule has 0 spiro atoms. The molecule has 0 unspecified atom stereocenters. The molecule has 1 aliphatic heterocycles. The lowest BCUT2D eigenvalue weighted by molar-refractivity contribution is 0.0209. The predicted octanol–water partition coefficient (Wildman–Crippen LogP) is 1.20. The van der Waals surface area contributed by atoms with E-state index in [4.69, 9.17) is 4.74 Å². The van der Waals surface area contributed by atoms with Gasteiger partial charge in [0.15, 0.2) is 0 Å². The number of anilines is 1. The minimum Gasteiger partial charge on any atom is -0.377 e. The summed E-state index contributed by atoms with van der Waals surface area (Å²) in [5.41, 5.74) is 1.19. The molecule has 0 atom stereocenters. The number of nitrogens with zero attached hydrogens (tertiary/aromatic N) is 1. The molecule has 1 aromatic heterocycles. The van der Waals surface area contributed by atoms with Crippen LogP contribution in [-0.4, -0.2) is 24.2 Å². The van der Waals surface area contributed by atoms with Crippen LogP contribution in [0.5, 0.6) is 0 Å². The lowest BCUT2D eigenvalue weighted by atomic mass is 10.2. The molecular weight excluding hydrogens is 152 g/mol. The van der Waals surface area contributed by atoms with Crippen LogP contribution in [0.25, 0.3) is 0 Å². The molecule has 1 saturated heterocycles. The molecule has 0 amide bonds. The Balaban J connectivity index is 1.98. The third-order valence-corrected chi connectivity index (χ3v) is 1.90. The van der Waals surface area contributed by atoms with E-state index in [2.05, 4.69) is 16.4 Å². The smallest absolute Gasteiger partial charge is 0.126 e. The zero-order valence-electron chi connectivity index (χ0n) is 7.08. The molecule has 1 fully saturated rings. The second-order valence-corrected chi connectivity index (χ2v) is 3.10. The van der Waals surface area contributed by atoms with Gasteiger partial charge >= 0.3 is 0 Å². The van der Waals surface area contributed by atoms with Gasteiger partial charge in [0, 0.05) is 6.20 Å². The second-order valence-electron chi connectivity index (χ2n) is 3.10. The number of pyridine rings is 1. The molecule has 0 aromatic carbocycles. The lowest BCUT2D eigenvalue weighted by Crippen LogP contribution is -2.40. The van der Waals surface area contributed by atoms with Gasteiger partial charge in [0.25, 0.3) is 0 Å². The third-order valence-electron chi connectivity index (χ3n) is 1.90. The first kappa shape index (κ1) is 7.55. The van der Waals surface area contributed by atoms with E-state index in [1.165, 1.54) is 5.56 Å². The van der Waals surface area contributed by atoms with Crippen molar-refractivity contribution >= 4 is 5.82 Å². The van der Waals surface area contributed by atoms with E-state index >= 15 is 0 Å². The van der Waals surface area contributed by atoms with Crippen LogP contribution in [0, 0.1) is 6.92 Å². The maximum atomic E-state index is 5.04. The zero-order valence-corrected chi connectivity index (χ0v) is 7.08. The number of ether oxygens (including phenoxy) is 1. The Hall–Kier alpha value is -1.09. The highest BCUT2D eigenvalue weighted by molar-refractivity contribution is 5.36. The molecule has 2 rings (SSSR count). The molecule has 1 aromatic rings. The first-order chi connectivity index (χ1) is 5.84. The van der Waals surface area contributed by atoms with E-state index in [0.717, 1.165) is 19.0 Å². The lowest BCUT2D eigenvalue weighted by Gasteiger charge is -2.27. The first-order valence-corrected chi connectivity index (χ1v) is 4.11. The number of rotatable bonds is 2. The van der Waals surface area contributed by atoms with Crippen LogP contribution in [0.3, 0.4) is 0 Å². The Labute approximate surface area is 71.8 Å². The minimum absolute atomic E-state index is 0.459. The molecule has 12 heavy (non-hydrogen) atoms. The van der Waals surface area contributed by atoms with Crippen molar-refractivity contribution in [2.45, 2.75) is 13.0 Å². The Morgan fingerprint density at radius 3 is 2.83 bits per heavy atom. The topological polar surface area (TPSA) is 34.1 Å². The van der Waals surface area contributed by atoms with Crippen molar-refractivity contribution in [3.8, 4) is 0 Å². The summed E-state index contributed by atoms with van der Waals surface area (Å²) < 4.78 is 5.04. The molecule has 0 bridgehead atoms. The van der Waals surface area contributed by atoms with E-state index in [9.17, 15) is 0 Å². The average Bonchev–Trinajstić information content (AvgIpc) is 2.00. The summed E-state index contributed by atoms with van der Waals surface area (Å²) in [6.07, 6.45) is 1.86. The SMILES string of the molecule is Cc1ccc(NC2COC2)nc1. The molecule has 0 aliphatic carbocycles. The van der Waals surface area contributed by atoms with Crippen LogP contribution >= 0.6 is 0 Å². The van der Waals surface area contributed by atoms with E-state index in [-0.39, 0.29) is 0 Å². The predicted molar refractivity (Wildman–Crippen MR) is 47.2 cm³/mol. The van der Waals surface area contributed by atoms with Crippen molar-refractivity contribution in [3.05, 3.63) is 23.9 Å². The standard InChI is InChI=1S/C9H12N2O/c1-7-2-3-9(10-4-7)11-8-5-12-6-8/h2-4,8H,5-6H2,1H3,(H,10,11). The van der Waals surface area contributed by atoms with Crippen molar-refractivity contribution in [2.75, 3.05) is 18.5 Å². The highest BCUT2D eigenvalue weighted by Crippen LogP contribution is 2.09. The van der Waals surface area contributed by atoms with E-state index in [0.29, 0.717) is 6.04 Å². The summed E-state index contributed by atoms with van der Waals surface area (Å²) in [5.74, 6) is 0.939. The Kier molecular flexibility index (Phi) is 1.96. The van der Waals surface area contributed by atoms with E-state index < -0.39 is 0 Å². The fourth-order valence-corrected chi connectivity index (χ4v) is 1.08. The van der Waals surface area contributed by atoms with Gasteiger partial charge in [-0.05, 0) is 18.6 Å². The molecule has 1 aliphatic rings. The van der Waals surface area contributed by atoms with Gasteiger partial charge in [-0.3, -0.25) is 0 Å². The van der Waals surface area contributed by atoms with Gasteiger partial charge in [0.2, 0.25) is 0 Å². The fourth-order valence-electron chi connectivity index (χ4n) is 1.08. The summed E-state index contributed by atoms with van der Waals surface area (Å²) in [6.45, 7) is 3.63. The van der Waals surface area contributed by atoms with Gasteiger partial charge in [0.05, 0.1) is 19.3 Å². The van der Waals surface area contributed by atoms with Crippen molar-refractivity contribution in [1.29, 1.82) is 0 Å². The van der Waals surface area contributed by atoms with Gasteiger partial charge < -0.3 is 10.1 Å². The third kappa shape index (κ3) is 1.56. The molecule has 64 valence electrons. The number of nitrogens with one attached hydrogen (secondary N) is 1. The Morgan fingerprint density at radius 2 is 2.33 bits per heavy atom. The van der Waals surface area contributed by atoms with Crippen molar-refractivity contribution in [3.63, 3.8) is 0 Å². The normalized spacial score (nSPS) is 17.1. The van der Waals surface area contributed by atoms with Crippen LogP contribution in [0.1, 0.15) is 5.56 Å². The zero-order chi connectivity index (χ0) is 8.39. The number of aromatic nitrogens is 1. The summed E-state index contributed by atoms with van der Waals surface area (Å²) in [7, 11) is 0. The number of aryl methyl sites for hydroxylation is 1. The van der Waals surface area contributed by atoms with Crippen LogP contribution < -0.4 is 5.32 Å². The molecule has 0 saturated carbocycles. The molecule has 0 radical (unpaired) electrons. The monoisotopic (exact) mass is 164 g/mol. The van der Waals surface area contributed by atoms with Gasteiger partial charge in [-0.15, -0.1) is 0 Å². The van der Waals surface area contributed by atoms with Crippen LogP contribution in [0.4, 0.5) is 5.82 Å². The molecule has 2 heterocycles. The van der Waals surface area contributed by atoms with Gasteiger partial charge in [-0.2, -0.15) is 0 Å². The van der Waals surface area contributed by atoms with Crippen LogP contribution in [-0.2, 0) is 4.74 Å². The van der Waals surface area contributed by atoms with Crippen molar-refractivity contribution in [1.82, 2.24) is 4.98 Å². The van der Waals surface area contributed by atoms with E-state index in [1.807, 2.05) is 19.2 Å². The molecule has 3 heteroatoms. The summed E-state index contributed by atoms with van der Waals surface area (Å²) in [5, 5.41) is 3.27. The highest BCUT2D eigenvalue weighted by atomic mass is 16.5. The minimum atomic E-state index is 0.459. The summed E-state index contributed by atoms with van der Waals surface area (Å²) in [4.78, 5) is 4.23. The van der Waals surface area contributed by atoms with Gasteiger partial charge in [-0.1, -0.05) is 6.07 Å². The van der Waals surface area contributed by atoms with Crippen LogP contribution in [0.2, 0.25) is 0 Å². The molecule has 1 N–H and O–H groups in total. The maximum Gasteiger partial charge on any atom is 0.126 e. The maximum absolute atomic E-state index is 5.04. The average molecular weight is 164 g/mol. The molecular formula is C9H12N2O. The summed E-state index contributed by atoms with van der Waals surface area (Å²) in [6, 6.07) is 4.50. The summed E-state index contributed by atoms with van der Waals surface area (Å²) >= 11 is 0. The van der Waals surface area contributed by atoms with Crippen LogP contribution in [0.15, 0.2) is 18.3 Å².